The zero-order chi connectivity index (χ0) is 26.8. The maximum absolute atomic E-state index is 13.3. The number of amides is 3. The van der Waals surface area contributed by atoms with Crippen molar-refractivity contribution >= 4 is 23.7 Å². The summed E-state index contributed by atoms with van der Waals surface area (Å²) in [7, 11) is 0. The van der Waals surface area contributed by atoms with Crippen molar-refractivity contribution in [1.82, 2.24) is 16.0 Å². The van der Waals surface area contributed by atoms with Crippen LogP contribution in [0.4, 0.5) is 0 Å². The van der Waals surface area contributed by atoms with E-state index in [2.05, 4.69) is 16.0 Å². The Hall–Kier alpha value is -3.96. The molecule has 5 atom stereocenters. The summed E-state index contributed by atoms with van der Waals surface area (Å²) in [5.74, 6) is -3.42. The first-order valence-corrected chi connectivity index (χ1v) is 11.4. The van der Waals surface area contributed by atoms with Crippen molar-refractivity contribution in [3.8, 4) is 5.75 Å². The molecule has 36 heavy (non-hydrogen) atoms. The molecule has 0 aliphatic carbocycles. The van der Waals surface area contributed by atoms with Crippen molar-refractivity contribution in [2.45, 2.75) is 57.0 Å². The number of phenols is 1. The molecule has 11 nitrogen and oxygen atoms in total. The monoisotopic (exact) mass is 500 g/mol. The molecule has 0 aromatic heterocycles. The summed E-state index contributed by atoms with van der Waals surface area (Å²) in [6.45, 7) is 2.63. The quantitative estimate of drug-likeness (QED) is 0.202. The molecule has 0 radical (unpaired) electrons. The van der Waals surface area contributed by atoms with Crippen LogP contribution in [-0.2, 0) is 32.0 Å². The lowest BCUT2D eigenvalue weighted by Crippen LogP contribution is -2.58. The first kappa shape index (κ1) is 28.3. The lowest BCUT2D eigenvalue weighted by molar-refractivity contribution is -0.141. The molecule has 8 N–H and O–H groups in total. The van der Waals surface area contributed by atoms with Crippen molar-refractivity contribution in [2.75, 3.05) is 0 Å². The third kappa shape index (κ3) is 8.67. The summed E-state index contributed by atoms with van der Waals surface area (Å²) >= 11 is 0. The summed E-state index contributed by atoms with van der Waals surface area (Å²) in [6.07, 6.45) is -1.09. The zero-order valence-corrected chi connectivity index (χ0v) is 20.0. The van der Waals surface area contributed by atoms with Crippen LogP contribution in [0.15, 0.2) is 54.6 Å². The van der Waals surface area contributed by atoms with E-state index in [9.17, 15) is 29.4 Å². The predicted octanol–water partition coefficient (Wildman–Crippen LogP) is -0.556. The van der Waals surface area contributed by atoms with Crippen LogP contribution in [0.25, 0.3) is 0 Å². The lowest BCUT2D eigenvalue weighted by Gasteiger charge is -2.25. The molecule has 2 rings (SSSR count). The largest absolute Gasteiger partial charge is 0.508 e. The van der Waals surface area contributed by atoms with E-state index < -0.39 is 54.0 Å². The molecule has 194 valence electrons. The SMILES string of the molecule is CC(NC(=O)C(Cc1ccc(O)cc1)NC(=O)C(Cc1ccccc1)NC(=O)C(N)C(C)O)C(=O)O. The number of nitrogens with one attached hydrogen (secondary N) is 3. The summed E-state index contributed by atoms with van der Waals surface area (Å²) in [5, 5.41) is 35.8. The van der Waals surface area contributed by atoms with Gasteiger partial charge >= 0.3 is 5.97 Å². The molecule has 0 aliphatic heterocycles. The molecule has 5 unspecified atom stereocenters. The van der Waals surface area contributed by atoms with Crippen LogP contribution >= 0.6 is 0 Å². The molecular formula is C25H32N4O7. The molecule has 0 heterocycles. The number of hydrogen-bond acceptors (Lipinski definition) is 7. The number of aliphatic hydroxyl groups excluding tert-OH is 1. The van der Waals surface area contributed by atoms with Gasteiger partial charge in [0.2, 0.25) is 17.7 Å². The fraction of sp³-hybridized carbons (Fsp3) is 0.360. The molecule has 11 heteroatoms. The van der Waals surface area contributed by atoms with Crippen molar-refractivity contribution in [3.63, 3.8) is 0 Å². The summed E-state index contributed by atoms with van der Waals surface area (Å²) < 4.78 is 0. The van der Waals surface area contributed by atoms with Gasteiger partial charge in [-0.1, -0.05) is 42.5 Å². The molecular weight excluding hydrogens is 468 g/mol. The normalized spacial score (nSPS) is 15.0. The lowest BCUT2D eigenvalue weighted by atomic mass is 10.0. The highest BCUT2D eigenvalue weighted by Crippen LogP contribution is 2.12. The van der Waals surface area contributed by atoms with E-state index in [0.29, 0.717) is 5.56 Å². The van der Waals surface area contributed by atoms with Crippen LogP contribution in [0, 0.1) is 0 Å². The topological polar surface area (TPSA) is 191 Å². The smallest absolute Gasteiger partial charge is 0.325 e. The number of rotatable bonds is 12. The molecule has 0 saturated carbocycles. The highest BCUT2D eigenvalue weighted by atomic mass is 16.4. The molecule has 0 aliphatic rings. The van der Waals surface area contributed by atoms with Gasteiger partial charge in [0.05, 0.1) is 6.10 Å². The Morgan fingerprint density at radius 2 is 1.25 bits per heavy atom. The number of carboxylic acid groups (broad SMARTS) is 1. The second-order valence-corrected chi connectivity index (χ2v) is 8.52. The first-order chi connectivity index (χ1) is 17.0. The van der Waals surface area contributed by atoms with Gasteiger partial charge in [-0.3, -0.25) is 19.2 Å². The third-order valence-corrected chi connectivity index (χ3v) is 5.48. The maximum atomic E-state index is 13.3. The Bertz CT molecular complexity index is 1040. The van der Waals surface area contributed by atoms with E-state index in [-0.39, 0.29) is 18.6 Å². The summed E-state index contributed by atoms with van der Waals surface area (Å²) in [5.41, 5.74) is 7.03. The standard InChI is InChI=1S/C25H32N4O7/c1-14(25(35)36)27-22(32)19(13-17-8-10-18(31)11-9-17)28-23(33)20(12-16-6-4-3-5-7-16)29-24(34)21(26)15(2)30/h3-11,14-15,19-21,30-31H,12-13,26H2,1-2H3,(H,27,32)(H,28,33)(H,29,34)(H,35,36). The minimum Gasteiger partial charge on any atom is -0.508 e. The summed E-state index contributed by atoms with van der Waals surface area (Å²) in [6, 6.07) is 9.99. The Labute approximate surface area is 208 Å². The van der Waals surface area contributed by atoms with Crippen molar-refractivity contribution in [1.29, 1.82) is 0 Å². The average Bonchev–Trinajstić information content (AvgIpc) is 2.84. The molecule has 0 saturated heterocycles. The average molecular weight is 501 g/mol. The van der Waals surface area contributed by atoms with Gasteiger partial charge in [0, 0.05) is 12.8 Å². The van der Waals surface area contributed by atoms with Gasteiger partial charge < -0.3 is 37.0 Å². The van der Waals surface area contributed by atoms with Gasteiger partial charge in [-0.25, -0.2) is 0 Å². The van der Waals surface area contributed by atoms with Crippen molar-refractivity contribution in [2.24, 2.45) is 5.73 Å². The van der Waals surface area contributed by atoms with Gasteiger partial charge in [-0.2, -0.15) is 0 Å². The van der Waals surface area contributed by atoms with E-state index in [1.54, 1.807) is 42.5 Å². The maximum Gasteiger partial charge on any atom is 0.325 e. The number of hydrogen-bond donors (Lipinski definition) is 7. The molecule has 0 bridgehead atoms. The number of phenolic OH excluding ortho intramolecular Hbond substituents is 1. The van der Waals surface area contributed by atoms with Gasteiger partial charge in [0.15, 0.2) is 0 Å². The Kier molecular flexibility index (Phi) is 10.4. The van der Waals surface area contributed by atoms with E-state index in [4.69, 9.17) is 10.8 Å². The van der Waals surface area contributed by atoms with Crippen LogP contribution in [0.1, 0.15) is 25.0 Å². The van der Waals surface area contributed by atoms with Crippen molar-refractivity contribution in [3.05, 3.63) is 65.7 Å². The van der Waals surface area contributed by atoms with E-state index in [1.807, 2.05) is 0 Å². The third-order valence-electron chi connectivity index (χ3n) is 5.48. The van der Waals surface area contributed by atoms with E-state index in [1.165, 1.54) is 26.0 Å². The number of carbonyl (C=O) groups excluding carboxylic acids is 3. The Morgan fingerprint density at radius 1 is 0.778 bits per heavy atom. The van der Waals surface area contributed by atoms with Gasteiger partial charge in [-0.05, 0) is 37.1 Å². The number of benzene rings is 2. The Morgan fingerprint density at radius 3 is 1.75 bits per heavy atom. The second kappa shape index (κ2) is 13.2. The predicted molar refractivity (Wildman–Crippen MR) is 131 cm³/mol. The fourth-order valence-corrected chi connectivity index (χ4v) is 3.27. The highest BCUT2D eigenvalue weighted by molar-refractivity contribution is 5.94. The van der Waals surface area contributed by atoms with Gasteiger partial charge in [0.1, 0.15) is 29.9 Å². The summed E-state index contributed by atoms with van der Waals surface area (Å²) in [4.78, 5) is 49.9. The minimum atomic E-state index is -1.27. The molecule has 2 aromatic rings. The number of aromatic hydroxyl groups is 1. The zero-order valence-electron chi connectivity index (χ0n) is 20.0. The Balaban J connectivity index is 2.28. The van der Waals surface area contributed by atoms with Gasteiger partial charge in [-0.15, -0.1) is 0 Å². The van der Waals surface area contributed by atoms with E-state index >= 15 is 0 Å². The highest BCUT2D eigenvalue weighted by Gasteiger charge is 2.30. The van der Waals surface area contributed by atoms with Crippen LogP contribution in [-0.4, -0.2) is 69.3 Å². The molecule has 3 amide bonds. The van der Waals surface area contributed by atoms with Crippen molar-refractivity contribution < 1.29 is 34.5 Å². The number of carbonyl (C=O) groups is 4. The van der Waals surface area contributed by atoms with E-state index in [0.717, 1.165) is 5.56 Å². The number of aliphatic carboxylic acids is 1. The second-order valence-electron chi connectivity index (χ2n) is 8.52. The number of aliphatic hydroxyl groups is 1. The van der Waals surface area contributed by atoms with Gasteiger partial charge in [0.25, 0.3) is 0 Å². The first-order valence-electron chi connectivity index (χ1n) is 11.4. The number of carboxylic acids is 1. The van der Waals surface area contributed by atoms with Crippen LogP contribution in [0.2, 0.25) is 0 Å². The fourth-order valence-electron chi connectivity index (χ4n) is 3.27. The molecule has 2 aromatic carbocycles. The van der Waals surface area contributed by atoms with Crippen LogP contribution in [0.5, 0.6) is 5.75 Å². The molecule has 0 fully saturated rings. The van der Waals surface area contributed by atoms with Crippen LogP contribution < -0.4 is 21.7 Å². The molecule has 0 spiro atoms. The van der Waals surface area contributed by atoms with Crippen LogP contribution in [0.3, 0.4) is 0 Å². The minimum absolute atomic E-state index is 0.0105. The number of nitrogens with two attached hydrogens (primary N) is 1.